The van der Waals surface area contributed by atoms with Crippen LogP contribution < -0.4 is 10.0 Å². The number of thiophene rings is 1. The Balaban J connectivity index is 1.94. The minimum atomic E-state index is -3.21. The molecule has 22 heavy (non-hydrogen) atoms. The fourth-order valence-corrected chi connectivity index (χ4v) is 3.52. The number of aryl methyl sites for hydroxylation is 1. The van der Waals surface area contributed by atoms with Gasteiger partial charge in [-0.3, -0.25) is 4.72 Å². The van der Waals surface area contributed by atoms with Gasteiger partial charge >= 0.3 is 0 Å². The lowest BCUT2D eigenvalue weighted by Gasteiger charge is -2.14. The maximum absolute atomic E-state index is 11.5. The van der Waals surface area contributed by atoms with Gasteiger partial charge < -0.3 is 5.32 Å². The van der Waals surface area contributed by atoms with E-state index >= 15 is 0 Å². The number of nitrogens with one attached hydrogen (secondary N) is 2. The largest absolute Gasteiger partial charge is 0.305 e. The Hall–Kier alpha value is -1.37. The second kappa shape index (κ2) is 7.26. The second-order valence-corrected chi connectivity index (χ2v) is 8.63. The highest BCUT2D eigenvalue weighted by molar-refractivity contribution is 7.92. The summed E-state index contributed by atoms with van der Waals surface area (Å²) in [4.78, 5) is 2.63. The van der Waals surface area contributed by atoms with Crippen LogP contribution in [0.4, 0.5) is 5.69 Å². The number of hydrogen-bond donors (Lipinski definition) is 2. The number of sulfonamides is 1. The minimum absolute atomic E-state index is 0.0763. The Bertz CT molecular complexity index is 706. The first-order valence-corrected chi connectivity index (χ1v) is 9.75. The molecule has 1 aromatic heterocycles. The van der Waals surface area contributed by atoms with Gasteiger partial charge in [0, 0.05) is 28.0 Å². The molecule has 1 aromatic carbocycles. The summed E-state index contributed by atoms with van der Waals surface area (Å²) in [6, 6.07) is 12.0. The molecule has 0 radical (unpaired) electrons. The summed E-state index contributed by atoms with van der Waals surface area (Å²) in [5, 5.41) is 3.48. The molecule has 4 nitrogen and oxygen atoms in total. The molecule has 0 fully saturated rings. The number of rotatable bonds is 7. The zero-order chi connectivity index (χ0) is 16.2. The highest BCUT2D eigenvalue weighted by Gasteiger charge is 2.09. The first-order valence-electron chi connectivity index (χ1n) is 7.29. The monoisotopic (exact) mass is 338 g/mol. The quantitative estimate of drug-likeness (QED) is 0.810. The summed E-state index contributed by atoms with van der Waals surface area (Å²) < 4.78 is 25.6. The van der Waals surface area contributed by atoms with Gasteiger partial charge in [0.25, 0.3) is 0 Å². The van der Waals surface area contributed by atoms with Gasteiger partial charge in [0.15, 0.2) is 0 Å². The summed E-state index contributed by atoms with van der Waals surface area (Å²) in [5.74, 6) is 0.0763. The molecule has 0 bridgehead atoms. The van der Waals surface area contributed by atoms with Crippen LogP contribution in [0.2, 0.25) is 0 Å². The summed E-state index contributed by atoms with van der Waals surface area (Å²) in [7, 11) is -3.21. The zero-order valence-corrected chi connectivity index (χ0v) is 14.7. The van der Waals surface area contributed by atoms with E-state index in [0.29, 0.717) is 5.69 Å². The van der Waals surface area contributed by atoms with Gasteiger partial charge in [0.05, 0.1) is 5.75 Å². The van der Waals surface area contributed by atoms with E-state index in [1.807, 2.05) is 12.1 Å². The van der Waals surface area contributed by atoms with E-state index in [1.165, 1.54) is 9.75 Å². The van der Waals surface area contributed by atoms with Crippen molar-refractivity contribution in [2.24, 2.45) is 0 Å². The smallest absolute Gasteiger partial charge is 0.232 e. The number of benzene rings is 1. The first-order chi connectivity index (χ1) is 10.4. The molecule has 0 amide bonds. The van der Waals surface area contributed by atoms with E-state index in [9.17, 15) is 8.42 Å². The van der Waals surface area contributed by atoms with Crippen LogP contribution in [0.15, 0.2) is 36.4 Å². The zero-order valence-electron chi connectivity index (χ0n) is 13.1. The van der Waals surface area contributed by atoms with Gasteiger partial charge in [-0.15, -0.1) is 11.3 Å². The summed E-state index contributed by atoms with van der Waals surface area (Å²) in [5.41, 5.74) is 1.74. The molecular formula is C16H22N2O2S2. The van der Waals surface area contributed by atoms with Gasteiger partial charge in [0.1, 0.15) is 0 Å². The van der Waals surface area contributed by atoms with Gasteiger partial charge in [-0.1, -0.05) is 12.1 Å². The normalized spacial score (nSPS) is 13.0. The molecule has 1 atom stereocenters. The molecule has 0 aliphatic heterocycles. The minimum Gasteiger partial charge on any atom is -0.305 e. The molecule has 6 heteroatoms. The predicted octanol–water partition coefficient (Wildman–Crippen LogP) is 3.67. The molecule has 2 N–H and O–H groups in total. The van der Waals surface area contributed by atoms with Crippen molar-refractivity contribution in [2.45, 2.75) is 33.4 Å². The summed E-state index contributed by atoms with van der Waals surface area (Å²) in [6.07, 6.45) is 0. The molecule has 0 aliphatic rings. The van der Waals surface area contributed by atoms with E-state index in [1.54, 1.807) is 30.4 Å². The highest BCUT2D eigenvalue weighted by atomic mass is 32.2. The third kappa shape index (κ3) is 4.83. The van der Waals surface area contributed by atoms with Crippen LogP contribution in [0, 0.1) is 6.92 Å². The van der Waals surface area contributed by atoms with Crippen molar-refractivity contribution in [3.63, 3.8) is 0 Å². The van der Waals surface area contributed by atoms with Crippen molar-refractivity contribution in [1.29, 1.82) is 0 Å². The van der Waals surface area contributed by atoms with Gasteiger partial charge in [-0.05, 0) is 50.6 Å². The fourth-order valence-electron chi connectivity index (χ4n) is 2.04. The van der Waals surface area contributed by atoms with E-state index in [2.05, 4.69) is 36.0 Å². The molecular weight excluding hydrogens is 316 g/mol. The Labute approximate surface area is 136 Å². The van der Waals surface area contributed by atoms with Crippen molar-refractivity contribution in [2.75, 3.05) is 10.5 Å². The maximum atomic E-state index is 11.5. The van der Waals surface area contributed by atoms with Crippen molar-refractivity contribution in [3.05, 3.63) is 51.7 Å². The first kappa shape index (κ1) is 17.0. The van der Waals surface area contributed by atoms with Crippen molar-refractivity contribution in [3.8, 4) is 0 Å². The van der Waals surface area contributed by atoms with Crippen LogP contribution in [0.3, 0.4) is 0 Å². The molecule has 0 unspecified atom stereocenters. The van der Waals surface area contributed by atoms with Gasteiger partial charge in [-0.2, -0.15) is 0 Å². The van der Waals surface area contributed by atoms with E-state index in [4.69, 9.17) is 0 Å². The average Bonchev–Trinajstić information content (AvgIpc) is 2.91. The lowest BCUT2D eigenvalue weighted by molar-refractivity contribution is 0.579. The molecule has 120 valence electrons. The van der Waals surface area contributed by atoms with Crippen LogP contribution in [0.1, 0.15) is 35.2 Å². The maximum Gasteiger partial charge on any atom is 0.232 e. The lowest BCUT2D eigenvalue weighted by atomic mass is 10.1. The SMILES string of the molecule is CCS(=O)(=O)Nc1ccc([C@H](C)NCc2ccc(C)s2)cc1. The summed E-state index contributed by atoms with van der Waals surface area (Å²) in [6.45, 7) is 6.66. The lowest BCUT2D eigenvalue weighted by Crippen LogP contribution is -2.18. The molecule has 2 rings (SSSR count). The molecule has 0 saturated carbocycles. The Morgan fingerprint density at radius 3 is 2.36 bits per heavy atom. The molecule has 1 heterocycles. The number of anilines is 1. The van der Waals surface area contributed by atoms with Crippen LogP contribution in [-0.2, 0) is 16.6 Å². The van der Waals surface area contributed by atoms with E-state index in [0.717, 1.165) is 12.1 Å². The second-order valence-electron chi connectivity index (χ2n) is 5.24. The molecule has 0 spiro atoms. The topological polar surface area (TPSA) is 58.2 Å². The van der Waals surface area contributed by atoms with Gasteiger partial charge in [0.2, 0.25) is 10.0 Å². The molecule has 2 aromatic rings. The molecule has 0 saturated heterocycles. The number of hydrogen-bond acceptors (Lipinski definition) is 4. The van der Waals surface area contributed by atoms with E-state index in [-0.39, 0.29) is 11.8 Å². The highest BCUT2D eigenvalue weighted by Crippen LogP contribution is 2.19. The standard InChI is InChI=1S/C16H22N2O2S2/c1-4-22(19,20)18-15-8-6-14(7-9-15)13(3)17-11-16-10-5-12(2)21-16/h5-10,13,17-18H,4,11H2,1-3H3/t13-/m0/s1. The van der Waals surface area contributed by atoms with E-state index < -0.39 is 10.0 Å². The Morgan fingerprint density at radius 2 is 1.82 bits per heavy atom. The third-order valence-electron chi connectivity index (χ3n) is 3.44. The van der Waals surface area contributed by atoms with Crippen LogP contribution in [-0.4, -0.2) is 14.2 Å². The van der Waals surface area contributed by atoms with Crippen LogP contribution >= 0.6 is 11.3 Å². The Kier molecular flexibility index (Phi) is 5.61. The van der Waals surface area contributed by atoms with Crippen LogP contribution in [0.25, 0.3) is 0 Å². The van der Waals surface area contributed by atoms with Crippen LogP contribution in [0.5, 0.6) is 0 Å². The fraction of sp³-hybridized carbons (Fsp3) is 0.375. The predicted molar refractivity (Wildman–Crippen MR) is 93.8 cm³/mol. The third-order valence-corrected chi connectivity index (χ3v) is 5.75. The van der Waals surface area contributed by atoms with Gasteiger partial charge in [-0.25, -0.2) is 8.42 Å². The van der Waals surface area contributed by atoms with Crippen molar-refractivity contribution < 1.29 is 8.42 Å². The Morgan fingerprint density at radius 1 is 1.14 bits per heavy atom. The molecule has 0 aliphatic carbocycles. The van der Waals surface area contributed by atoms with Crippen molar-refractivity contribution >= 4 is 27.0 Å². The average molecular weight is 338 g/mol. The van der Waals surface area contributed by atoms with Crippen molar-refractivity contribution in [1.82, 2.24) is 5.32 Å². The summed E-state index contributed by atoms with van der Waals surface area (Å²) >= 11 is 1.80.